The molecule has 0 spiro atoms. The van der Waals surface area contributed by atoms with Gasteiger partial charge in [0, 0.05) is 5.54 Å². The first-order chi connectivity index (χ1) is 8.57. The van der Waals surface area contributed by atoms with Gasteiger partial charge in [0.1, 0.15) is 0 Å². The molecule has 0 atom stereocenters. The number of nitrogens with two attached hydrogens (primary N) is 1. The van der Waals surface area contributed by atoms with Gasteiger partial charge in [-0.1, -0.05) is 24.3 Å². The van der Waals surface area contributed by atoms with E-state index in [4.69, 9.17) is 5.73 Å². The van der Waals surface area contributed by atoms with Crippen molar-refractivity contribution in [1.29, 1.82) is 0 Å². The van der Waals surface area contributed by atoms with E-state index in [1.807, 2.05) is 12.1 Å². The van der Waals surface area contributed by atoms with Crippen LogP contribution in [0.1, 0.15) is 28.8 Å². The molecule has 0 bridgehead atoms. The molecule has 0 aromatic heterocycles. The highest BCUT2D eigenvalue weighted by molar-refractivity contribution is 5.89. The second-order valence-electron chi connectivity index (χ2n) is 4.21. The lowest BCUT2D eigenvalue weighted by Gasteiger charge is -2.27. The zero-order valence-corrected chi connectivity index (χ0v) is 10.7. The Hall–Kier alpha value is -1.87. The topological polar surface area (TPSA) is 52.3 Å². The van der Waals surface area contributed by atoms with Crippen LogP contribution in [0, 0.1) is 0 Å². The van der Waals surface area contributed by atoms with Gasteiger partial charge in [0.15, 0.2) is 0 Å². The summed E-state index contributed by atoms with van der Waals surface area (Å²) in [5.41, 5.74) is 7.29. The van der Waals surface area contributed by atoms with E-state index in [1.165, 1.54) is 7.11 Å². The largest absolute Gasteiger partial charge is 0.465 e. The van der Waals surface area contributed by atoms with Crippen molar-refractivity contribution in [3.05, 3.63) is 60.7 Å². The molecule has 1 rings (SSSR count). The maximum absolute atomic E-state index is 11.3. The van der Waals surface area contributed by atoms with Crippen LogP contribution in [0.2, 0.25) is 0 Å². The van der Waals surface area contributed by atoms with Crippen LogP contribution in [-0.2, 0) is 10.3 Å². The number of ether oxygens (including phenoxy) is 1. The van der Waals surface area contributed by atoms with Gasteiger partial charge in [-0.15, -0.1) is 13.2 Å². The highest BCUT2D eigenvalue weighted by atomic mass is 16.5. The van der Waals surface area contributed by atoms with Crippen LogP contribution >= 0.6 is 0 Å². The summed E-state index contributed by atoms with van der Waals surface area (Å²) >= 11 is 0. The number of carbonyl (C=O) groups excluding carboxylic acids is 1. The highest BCUT2D eigenvalue weighted by Crippen LogP contribution is 2.27. The number of hydrogen-bond acceptors (Lipinski definition) is 3. The van der Waals surface area contributed by atoms with Crippen LogP contribution in [0.5, 0.6) is 0 Å². The lowest BCUT2D eigenvalue weighted by Crippen LogP contribution is -2.35. The SMILES string of the molecule is C=CCC(N)(CC=C)c1ccc(C(=O)OC)cc1. The van der Waals surface area contributed by atoms with Gasteiger partial charge in [-0.2, -0.15) is 0 Å². The molecule has 0 radical (unpaired) electrons. The van der Waals surface area contributed by atoms with Crippen molar-refractivity contribution >= 4 is 5.97 Å². The van der Waals surface area contributed by atoms with Crippen molar-refractivity contribution in [2.75, 3.05) is 7.11 Å². The standard InChI is InChI=1S/C15H19NO2/c1-4-10-15(16,11-5-2)13-8-6-12(7-9-13)14(17)18-3/h4-9H,1-2,10-11,16H2,3H3. The quantitative estimate of drug-likeness (QED) is 0.619. The first kappa shape index (κ1) is 14.2. The zero-order chi connectivity index (χ0) is 13.6. The molecule has 0 aliphatic carbocycles. The third kappa shape index (κ3) is 3.08. The minimum Gasteiger partial charge on any atom is -0.465 e. The Morgan fingerprint density at radius 3 is 2.17 bits per heavy atom. The molecule has 2 N–H and O–H groups in total. The Morgan fingerprint density at radius 1 is 1.28 bits per heavy atom. The van der Waals surface area contributed by atoms with Gasteiger partial charge in [-0.3, -0.25) is 0 Å². The summed E-state index contributed by atoms with van der Waals surface area (Å²) in [5, 5.41) is 0. The Balaban J connectivity index is 3.04. The van der Waals surface area contributed by atoms with E-state index < -0.39 is 5.54 Å². The lowest BCUT2D eigenvalue weighted by atomic mass is 9.84. The maximum Gasteiger partial charge on any atom is 0.337 e. The molecular weight excluding hydrogens is 226 g/mol. The minimum absolute atomic E-state index is 0.350. The summed E-state index contributed by atoms with van der Waals surface area (Å²) in [4.78, 5) is 11.3. The molecule has 0 aliphatic heterocycles. The molecule has 0 heterocycles. The number of benzene rings is 1. The summed E-state index contributed by atoms with van der Waals surface area (Å²) in [6, 6.07) is 7.13. The minimum atomic E-state index is -0.516. The summed E-state index contributed by atoms with van der Waals surface area (Å²) in [6.07, 6.45) is 4.88. The first-order valence-electron chi connectivity index (χ1n) is 5.77. The van der Waals surface area contributed by atoms with Crippen LogP contribution in [-0.4, -0.2) is 13.1 Å². The van der Waals surface area contributed by atoms with E-state index in [-0.39, 0.29) is 5.97 Å². The van der Waals surface area contributed by atoms with Crippen LogP contribution in [0.25, 0.3) is 0 Å². The maximum atomic E-state index is 11.3. The third-order valence-corrected chi connectivity index (χ3v) is 2.90. The molecule has 96 valence electrons. The van der Waals surface area contributed by atoms with Crippen LogP contribution in [0.15, 0.2) is 49.6 Å². The van der Waals surface area contributed by atoms with Gasteiger partial charge >= 0.3 is 5.97 Å². The van der Waals surface area contributed by atoms with Gasteiger partial charge in [0.25, 0.3) is 0 Å². The average molecular weight is 245 g/mol. The van der Waals surface area contributed by atoms with Crippen molar-refractivity contribution < 1.29 is 9.53 Å². The molecule has 0 saturated carbocycles. The van der Waals surface area contributed by atoms with E-state index >= 15 is 0 Å². The smallest absolute Gasteiger partial charge is 0.337 e. The highest BCUT2D eigenvalue weighted by Gasteiger charge is 2.24. The summed E-state index contributed by atoms with van der Waals surface area (Å²) in [6.45, 7) is 7.45. The van der Waals surface area contributed by atoms with E-state index in [2.05, 4.69) is 17.9 Å². The van der Waals surface area contributed by atoms with Crippen molar-refractivity contribution in [1.82, 2.24) is 0 Å². The Kier molecular flexibility index (Phi) is 4.86. The van der Waals surface area contributed by atoms with E-state index in [0.717, 1.165) is 5.56 Å². The summed E-state index contributed by atoms with van der Waals surface area (Å²) in [7, 11) is 1.36. The number of hydrogen-bond donors (Lipinski definition) is 1. The lowest BCUT2D eigenvalue weighted by molar-refractivity contribution is 0.0600. The van der Waals surface area contributed by atoms with Crippen molar-refractivity contribution in [2.24, 2.45) is 5.73 Å². The molecule has 0 saturated heterocycles. The van der Waals surface area contributed by atoms with Gasteiger partial charge in [0.2, 0.25) is 0 Å². The fourth-order valence-corrected chi connectivity index (χ4v) is 1.89. The second kappa shape index (κ2) is 6.17. The van der Waals surface area contributed by atoms with Crippen molar-refractivity contribution in [3.63, 3.8) is 0 Å². The second-order valence-corrected chi connectivity index (χ2v) is 4.21. The van der Waals surface area contributed by atoms with Gasteiger partial charge in [-0.25, -0.2) is 4.79 Å². The summed E-state index contributed by atoms with van der Waals surface area (Å²) in [5.74, 6) is -0.350. The number of methoxy groups -OCH3 is 1. The number of rotatable bonds is 6. The predicted molar refractivity (Wildman–Crippen MR) is 73.3 cm³/mol. The third-order valence-electron chi connectivity index (χ3n) is 2.90. The van der Waals surface area contributed by atoms with Crippen molar-refractivity contribution in [3.8, 4) is 0 Å². The first-order valence-corrected chi connectivity index (χ1v) is 5.77. The normalized spacial score (nSPS) is 10.8. The Morgan fingerprint density at radius 2 is 1.78 bits per heavy atom. The Labute approximate surface area is 108 Å². The van der Waals surface area contributed by atoms with Crippen LogP contribution in [0.4, 0.5) is 0 Å². The van der Waals surface area contributed by atoms with E-state index in [0.29, 0.717) is 18.4 Å². The molecule has 18 heavy (non-hydrogen) atoms. The number of esters is 1. The Bertz CT molecular complexity index is 424. The fourth-order valence-electron chi connectivity index (χ4n) is 1.89. The van der Waals surface area contributed by atoms with E-state index in [9.17, 15) is 4.79 Å². The van der Waals surface area contributed by atoms with Gasteiger partial charge in [-0.05, 0) is 30.5 Å². The van der Waals surface area contributed by atoms with E-state index in [1.54, 1.807) is 24.3 Å². The fraction of sp³-hybridized carbons (Fsp3) is 0.267. The van der Waals surface area contributed by atoms with Crippen LogP contribution in [0.3, 0.4) is 0 Å². The average Bonchev–Trinajstić information content (AvgIpc) is 2.38. The molecule has 0 fully saturated rings. The number of carbonyl (C=O) groups is 1. The van der Waals surface area contributed by atoms with Crippen LogP contribution < -0.4 is 5.73 Å². The molecule has 0 amide bonds. The predicted octanol–water partition coefficient (Wildman–Crippen LogP) is 2.78. The van der Waals surface area contributed by atoms with Gasteiger partial charge in [0.05, 0.1) is 12.7 Å². The molecule has 0 aliphatic rings. The van der Waals surface area contributed by atoms with Gasteiger partial charge < -0.3 is 10.5 Å². The summed E-state index contributed by atoms with van der Waals surface area (Å²) < 4.78 is 4.65. The molecule has 1 aromatic rings. The molecular formula is C15H19NO2. The molecule has 1 aromatic carbocycles. The molecule has 3 nitrogen and oxygen atoms in total. The monoisotopic (exact) mass is 245 g/mol. The zero-order valence-electron chi connectivity index (χ0n) is 10.7. The molecule has 3 heteroatoms. The van der Waals surface area contributed by atoms with Crippen molar-refractivity contribution in [2.45, 2.75) is 18.4 Å². The molecule has 0 unspecified atom stereocenters.